The predicted octanol–water partition coefficient (Wildman–Crippen LogP) is 3.79. The summed E-state index contributed by atoms with van der Waals surface area (Å²) in [5, 5.41) is 4.89. The van der Waals surface area contributed by atoms with Gasteiger partial charge in [-0.3, -0.25) is 10.1 Å². The number of rotatable bonds is 4. The van der Waals surface area contributed by atoms with Gasteiger partial charge in [-0.05, 0) is 59.1 Å². The number of nitrogens with one attached hydrogen (secondary N) is 2. The molecule has 0 aliphatic heterocycles. The molecular formula is C17H17BrN2O3. The smallest absolute Gasteiger partial charge is 0.325 e. The van der Waals surface area contributed by atoms with E-state index in [9.17, 15) is 9.59 Å². The number of imide groups is 1. The number of amides is 3. The first-order chi connectivity index (χ1) is 11.0. The van der Waals surface area contributed by atoms with E-state index in [0.29, 0.717) is 11.4 Å². The van der Waals surface area contributed by atoms with Gasteiger partial charge in [-0.2, -0.15) is 0 Å². The Morgan fingerprint density at radius 2 is 1.83 bits per heavy atom. The second-order valence-electron chi connectivity index (χ2n) is 4.97. The van der Waals surface area contributed by atoms with Crippen LogP contribution in [0, 0.1) is 13.8 Å². The van der Waals surface area contributed by atoms with Crippen LogP contribution in [-0.4, -0.2) is 18.5 Å². The topological polar surface area (TPSA) is 67.4 Å². The summed E-state index contributed by atoms with van der Waals surface area (Å²) in [5.74, 6) is 0.0149. The number of carbonyl (C=O) groups is 2. The van der Waals surface area contributed by atoms with E-state index < -0.39 is 11.9 Å². The van der Waals surface area contributed by atoms with Crippen LogP contribution >= 0.6 is 15.9 Å². The van der Waals surface area contributed by atoms with Crippen molar-refractivity contribution in [2.45, 2.75) is 13.8 Å². The third kappa shape index (κ3) is 4.82. The standard InChI is InChI=1S/C17H17BrN2O3/c1-11-6-5-8-14(12(11)2)19-17(22)20-16(21)10-23-15-9-4-3-7-13(15)18/h3-9H,10H2,1-2H3,(H2,19,20,21,22). The molecule has 5 nitrogen and oxygen atoms in total. The Kier molecular flexibility index (Phi) is 5.76. The lowest BCUT2D eigenvalue weighted by atomic mass is 10.1. The highest BCUT2D eigenvalue weighted by molar-refractivity contribution is 9.10. The Morgan fingerprint density at radius 1 is 1.09 bits per heavy atom. The lowest BCUT2D eigenvalue weighted by Gasteiger charge is -2.11. The first kappa shape index (κ1) is 17.0. The number of para-hydroxylation sites is 1. The van der Waals surface area contributed by atoms with Crippen molar-refractivity contribution in [2.24, 2.45) is 0 Å². The highest BCUT2D eigenvalue weighted by atomic mass is 79.9. The van der Waals surface area contributed by atoms with Crippen LogP contribution in [-0.2, 0) is 4.79 Å². The van der Waals surface area contributed by atoms with E-state index in [0.717, 1.165) is 15.6 Å². The fourth-order valence-electron chi connectivity index (χ4n) is 1.91. The SMILES string of the molecule is Cc1cccc(NC(=O)NC(=O)COc2ccccc2Br)c1C. The van der Waals surface area contributed by atoms with E-state index in [1.54, 1.807) is 24.3 Å². The fraction of sp³-hybridized carbons (Fsp3) is 0.176. The molecule has 2 N–H and O–H groups in total. The van der Waals surface area contributed by atoms with Crippen LogP contribution in [0.3, 0.4) is 0 Å². The molecule has 0 aliphatic carbocycles. The molecule has 0 atom stereocenters. The van der Waals surface area contributed by atoms with E-state index in [4.69, 9.17) is 4.74 Å². The Balaban J connectivity index is 1.86. The van der Waals surface area contributed by atoms with Crippen LogP contribution in [0.15, 0.2) is 46.9 Å². The average Bonchev–Trinajstić information content (AvgIpc) is 2.51. The van der Waals surface area contributed by atoms with Crippen molar-refractivity contribution in [3.63, 3.8) is 0 Å². The molecule has 0 bridgehead atoms. The Labute approximate surface area is 143 Å². The summed E-state index contributed by atoms with van der Waals surface area (Å²) in [6.07, 6.45) is 0. The molecule has 0 aliphatic rings. The maximum atomic E-state index is 11.9. The normalized spacial score (nSPS) is 10.0. The molecule has 0 aromatic heterocycles. The van der Waals surface area contributed by atoms with Gasteiger partial charge in [0, 0.05) is 5.69 Å². The van der Waals surface area contributed by atoms with E-state index >= 15 is 0 Å². The Hall–Kier alpha value is -2.34. The first-order valence-corrected chi connectivity index (χ1v) is 7.81. The van der Waals surface area contributed by atoms with Crippen molar-refractivity contribution in [3.05, 3.63) is 58.1 Å². The highest BCUT2D eigenvalue weighted by Crippen LogP contribution is 2.23. The monoisotopic (exact) mass is 376 g/mol. The maximum absolute atomic E-state index is 11.9. The predicted molar refractivity (Wildman–Crippen MR) is 92.7 cm³/mol. The quantitative estimate of drug-likeness (QED) is 0.852. The number of carbonyl (C=O) groups excluding carboxylic acids is 2. The summed E-state index contributed by atoms with van der Waals surface area (Å²) in [4.78, 5) is 23.6. The summed E-state index contributed by atoms with van der Waals surface area (Å²) in [6.45, 7) is 3.61. The molecule has 0 saturated carbocycles. The zero-order valence-electron chi connectivity index (χ0n) is 12.9. The fourth-order valence-corrected chi connectivity index (χ4v) is 2.31. The Morgan fingerprint density at radius 3 is 2.57 bits per heavy atom. The zero-order valence-corrected chi connectivity index (χ0v) is 14.4. The lowest BCUT2D eigenvalue weighted by Crippen LogP contribution is -2.37. The third-order valence-corrected chi connectivity index (χ3v) is 3.96. The highest BCUT2D eigenvalue weighted by Gasteiger charge is 2.11. The van der Waals surface area contributed by atoms with Crippen molar-refractivity contribution in [2.75, 3.05) is 11.9 Å². The largest absolute Gasteiger partial charge is 0.483 e. The minimum Gasteiger partial charge on any atom is -0.483 e. The van der Waals surface area contributed by atoms with Crippen molar-refractivity contribution >= 4 is 33.6 Å². The number of hydrogen-bond acceptors (Lipinski definition) is 3. The molecule has 120 valence electrons. The summed E-state index contributed by atoms with van der Waals surface area (Å²) in [6, 6.07) is 12.2. The third-order valence-electron chi connectivity index (χ3n) is 3.30. The van der Waals surface area contributed by atoms with Gasteiger partial charge in [0.1, 0.15) is 5.75 Å². The number of urea groups is 1. The van der Waals surface area contributed by atoms with Gasteiger partial charge in [-0.25, -0.2) is 4.79 Å². The van der Waals surface area contributed by atoms with E-state index in [1.807, 2.05) is 32.0 Å². The molecular weight excluding hydrogens is 360 g/mol. The van der Waals surface area contributed by atoms with Crippen molar-refractivity contribution in [1.82, 2.24) is 5.32 Å². The molecule has 3 amide bonds. The summed E-state index contributed by atoms with van der Waals surface area (Å²) < 4.78 is 6.10. The molecule has 0 saturated heterocycles. The second-order valence-corrected chi connectivity index (χ2v) is 5.82. The Bertz CT molecular complexity index is 732. The van der Waals surface area contributed by atoms with Crippen molar-refractivity contribution in [3.8, 4) is 5.75 Å². The summed E-state index contributed by atoms with van der Waals surface area (Å²) in [7, 11) is 0. The molecule has 0 fully saturated rings. The number of benzene rings is 2. The molecule has 6 heteroatoms. The van der Waals surface area contributed by atoms with E-state index in [-0.39, 0.29) is 6.61 Å². The van der Waals surface area contributed by atoms with Gasteiger partial charge >= 0.3 is 6.03 Å². The molecule has 0 unspecified atom stereocenters. The van der Waals surface area contributed by atoms with Gasteiger partial charge in [-0.15, -0.1) is 0 Å². The van der Waals surface area contributed by atoms with Gasteiger partial charge in [0.25, 0.3) is 5.91 Å². The minimum absolute atomic E-state index is 0.247. The molecule has 0 spiro atoms. The molecule has 23 heavy (non-hydrogen) atoms. The van der Waals surface area contributed by atoms with Gasteiger partial charge < -0.3 is 10.1 Å². The number of ether oxygens (including phenoxy) is 1. The molecule has 0 heterocycles. The van der Waals surface area contributed by atoms with E-state index in [1.165, 1.54) is 0 Å². The first-order valence-electron chi connectivity index (χ1n) is 7.01. The molecule has 2 aromatic carbocycles. The van der Waals surface area contributed by atoms with Crippen molar-refractivity contribution < 1.29 is 14.3 Å². The number of hydrogen-bond donors (Lipinski definition) is 2. The van der Waals surface area contributed by atoms with Crippen LogP contribution < -0.4 is 15.4 Å². The van der Waals surface area contributed by atoms with Crippen LogP contribution in [0.5, 0.6) is 5.75 Å². The van der Waals surface area contributed by atoms with Crippen LogP contribution in [0.4, 0.5) is 10.5 Å². The molecule has 2 rings (SSSR count). The van der Waals surface area contributed by atoms with Gasteiger partial charge in [0.15, 0.2) is 6.61 Å². The van der Waals surface area contributed by atoms with Gasteiger partial charge in [0.05, 0.1) is 4.47 Å². The second kappa shape index (κ2) is 7.78. The van der Waals surface area contributed by atoms with Crippen molar-refractivity contribution in [1.29, 1.82) is 0 Å². The average molecular weight is 377 g/mol. The molecule has 2 aromatic rings. The number of anilines is 1. The molecule has 0 radical (unpaired) electrons. The van der Waals surface area contributed by atoms with E-state index in [2.05, 4.69) is 26.6 Å². The van der Waals surface area contributed by atoms with Gasteiger partial charge in [0.2, 0.25) is 0 Å². The zero-order chi connectivity index (χ0) is 16.8. The van der Waals surface area contributed by atoms with Crippen LogP contribution in [0.2, 0.25) is 0 Å². The number of aryl methyl sites for hydroxylation is 1. The maximum Gasteiger partial charge on any atom is 0.325 e. The summed E-state index contributed by atoms with van der Waals surface area (Å²) in [5.41, 5.74) is 2.69. The van der Waals surface area contributed by atoms with Crippen LogP contribution in [0.25, 0.3) is 0 Å². The summed E-state index contributed by atoms with van der Waals surface area (Å²) >= 11 is 3.32. The minimum atomic E-state index is -0.584. The van der Waals surface area contributed by atoms with Crippen LogP contribution in [0.1, 0.15) is 11.1 Å². The van der Waals surface area contributed by atoms with Gasteiger partial charge in [-0.1, -0.05) is 24.3 Å². The number of halogens is 1. The lowest BCUT2D eigenvalue weighted by molar-refractivity contribution is -0.121.